The lowest BCUT2D eigenvalue weighted by molar-refractivity contribution is 1.00. The highest BCUT2D eigenvalue weighted by atomic mass is 35.5. The van der Waals surface area contributed by atoms with Crippen LogP contribution in [0.1, 0.15) is 5.82 Å². The normalized spacial score (nSPS) is 11.2. The maximum Gasteiger partial charge on any atom is 0.111 e. The van der Waals surface area contributed by atoms with Crippen LogP contribution in [0.25, 0.3) is 16.7 Å². The van der Waals surface area contributed by atoms with Gasteiger partial charge in [-0.1, -0.05) is 34.8 Å². The van der Waals surface area contributed by atoms with Gasteiger partial charge in [-0.3, -0.25) is 4.57 Å². The van der Waals surface area contributed by atoms with Crippen molar-refractivity contribution in [3.8, 4) is 5.69 Å². The number of fused-ring (bicyclic) bond motifs is 1. The number of hydrogen-bond donors (Lipinski definition) is 1. The molecule has 0 aliphatic carbocycles. The first kappa shape index (κ1) is 13.6. The fourth-order valence-electron chi connectivity index (χ4n) is 2.21. The Kier molecular flexibility index (Phi) is 3.28. The summed E-state index contributed by atoms with van der Waals surface area (Å²) in [7, 11) is 0. The third kappa shape index (κ3) is 2.12. The van der Waals surface area contributed by atoms with Gasteiger partial charge in [0.15, 0.2) is 0 Å². The third-order valence-electron chi connectivity index (χ3n) is 3.08. The molecule has 1 aromatic heterocycles. The minimum absolute atomic E-state index is 0.423. The van der Waals surface area contributed by atoms with Crippen LogP contribution in [-0.4, -0.2) is 9.55 Å². The summed E-state index contributed by atoms with van der Waals surface area (Å²) >= 11 is 18.3. The van der Waals surface area contributed by atoms with Crippen molar-refractivity contribution in [2.45, 2.75) is 6.92 Å². The molecule has 0 saturated heterocycles. The fourth-order valence-corrected chi connectivity index (χ4v) is 2.83. The van der Waals surface area contributed by atoms with Gasteiger partial charge in [0, 0.05) is 5.69 Å². The highest BCUT2D eigenvalue weighted by Crippen LogP contribution is 2.33. The zero-order chi connectivity index (χ0) is 14.4. The molecule has 102 valence electrons. The summed E-state index contributed by atoms with van der Waals surface area (Å²) < 4.78 is 1.93. The molecule has 0 fully saturated rings. The number of nitrogens with two attached hydrogens (primary N) is 1. The highest BCUT2D eigenvalue weighted by Gasteiger charge is 2.14. The Morgan fingerprint density at radius 2 is 1.70 bits per heavy atom. The average molecular weight is 327 g/mol. The van der Waals surface area contributed by atoms with E-state index in [-0.39, 0.29) is 0 Å². The van der Waals surface area contributed by atoms with E-state index in [1.165, 1.54) is 0 Å². The maximum atomic E-state index is 6.28. The van der Waals surface area contributed by atoms with Gasteiger partial charge in [0.05, 0.1) is 31.8 Å². The van der Waals surface area contributed by atoms with Gasteiger partial charge in [-0.2, -0.15) is 0 Å². The first-order valence-corrected chi connectivity index (χ1v) is 7.00. The van der Waals surface area contributed by atoms with E-state index in [0.29, 0.717) is 20.8 Å². The van der Waals surface area contributed by atoms with Gasteiger partial charge in [0.1, 0.15) is 5.82 Å². The van der Waals surface area contributed by atoms with E-state index in [0.717, 1.165) is 22.5 Å². The lowest BCUT2D eigenvalue weighted by atomic mass is 10.2. The molecule has 20 heavy (non-hydrogen) atoms. The molecule has 0 saturated carbocycles. The predicted molar refractivity (Wildman–Crippen MR) is 85.2 cm³/mol. The van der Waals surface area contributed by atoms with Crippen LogP contribution in [0.15, 0.2) is 30.3 Å². The number of aryl methyl sites for hydroxylation is 1. The van der Waals surface area contributed by atoms with Crippen molar-refractivity contribution in [1.29, 1.82) is 0 Å². The Hall–Kier alpha value is -1.42. The van der Waals surface area contributed by atoms with Gasteiger partial charge in [-0.05, 0) is 37.3 Å². The first-order chi connectivity index (χ1) is 9.47. The van der Waals surface area contributed by atoms with Gasteiger partial charge in [0.25, 0.3) is 0 Å². The number of hydrogen-bond acceptors (Lipinski definition) is 2. The summed E-state index contributed by atoms with van der Waals surface area (Å²) in [4.78, 5) is 4.49. The van der Waals surface area contributed by atoms with Gasteiger partial charge in [-0.25, -0.2) is 4.98 Å². The molecule has 0 amide bonds. The lowest BCUT2D eigenvalue weighted by Crippen LogP contribution is -1.98. The number of imidazole rings is 1. The number of rotatable bonds is 1. The number of anilines is 1. The summed E-state index contributed by atoms with van der Waals surface area (Å²) in [6, 6.07) is 8.92. The van der Waals surface area contributed by atoms with Crippen LogP contribution >= 0.6 is 34.8 Å². The topological polar surface area (TPSA) is 43.8 Å². The quantitative estimate of drug-likeness (QED) is 0.512. The molecule has 2 N–H and O–H groups in total. The number of benzene rings is 2. The molecule has 3 nitrogen and oxygen atoms in total. The molecule has 0 bridgehead atoms. The van der Waals surface area contributed by atoms with Gasteiger partial charge < -0.3 is 5.73 Å². The molecular formula is C14H10Cl3N3. The van der Waals surface area contributed by atoms with Crippen LogP contribution in [0.2, 0.25) is 15.1 Å². The van der Waals surface area contributed by atoms with Crippen molar-refractivity contribution >= 4 is 51.5 Å². The minimum atomic E-state index is 0.423. The Labute approximate surface area is 130 Å². The van der Waals surface area contributed by atoms with Crippen molar-refractivity contribution in [2.24, 2.45) is 0 Å². The van der Waals surface area contributed by atoms with Gasteiger partial charge in [0.2, 0.25) is 0 Å². The van der Waals surface area contributed by atoms with Crippen molar-refractivity contribution in [2.75, 3.05) is 5.73 Å². The van der Waals surface area contributed by atoms with Crippen LogP contribution in [0, 0.1) is 6.92 Å². The van der Waals surface area contributed by atoms with Crippen molar-refractivity contribution in [3.63, 3.8) is 0 Å². The second-order valence-electron chi connectivity index (χ2n) is 4.46. The minimum Gasteiger partial charge on any atom is -0.399 e. The van der Waals surface area contributed by atoms with E-state index in [9.17, 15) is 0 Å². The Morgan fingerprint density at radius 3 is 2.45 bits per heavy atom. The lowest BCUT2D eigenvalue weighted by Gasteiger charge is -2.10. The summed E-state index contributed by atoms with van der Waals surface area (Å²) in [6.45, 7) is 1.90. The summed E-state index contributed by atoms with van der Waals surface area (Å²) in [5.41, 5.74) is 8.92. The molecule has 0 aliphatic heterocycles. The van der Waals surface area contributed by atoms with Gasteiger partial charge >= 0.3 is 0 Å². The molecule has 0 unspecified atom stereocenters. The third-order valence-corrected chi connectivity index (χ3v) is 4.10. The van der Waals surface area contributed by atoms with Crippen molar-refractivity contribution in [3.05, 3.63) is 51.2 Å². The van der Waals surface area contributed by atoms with Crippen LogP contribution < -0.4 is 5.73 Å². The molecular weight excluding hydrogens is 317 g/mol. The molecule has 0 radical (unpaired) electrons. The fraction of sp³-hybridized carbons (Fsp3) is 0.0714. The van der Waals surface area contributed by atoms with E-state index in [4.69, 9.17) is 40.5 Å². The smallest absolute Gasteiger partial charge is 0.111 e. The van der Waals surface area contributed by atoms with Crippen molar-refractivity contribution < 1.29 is 0 Å². The van der Waals surface area contributed by atoms with E-state index in [2.05, 4.69) is 4.98 Å². The molecule has 0 spiro atoms. The summed E-state index contributed by atoms with van der Waals surface area (Å²) in [6.07, 6.45) is 0. The van der Waals surface area contributed by atoms with E-state index in [1.54, 1.807) is 12.1 Å². The predicted octanol–water partition coefficient (Wildman–Crippen LogP) is 4.88. The largest absolute Gasteiger partial charge is 0.399 e. The molecule has 0 atom stereocenters. The van der Waals surface area contributed by atoms with Crippen LogP contribution in [0.4, 0.5) is 5.69 Å². The Morgan fingerprint density at radius 1 is 1.00 bits per heavy atom. The number of nitrogen functional groups attached to an aromatic ring is 1. The second-order valence-corrected chi connectivity index (χ2v) is 5.68. The summed E-state index contributed by atoms with van der Waals surface area (Å²) in [5.74, 6) is 0.797. The number of halogens is 3. The van der Waals surface area contributed by atoms with E-state index < -0.39 is 0 Å². The highest BCUT2D eigenvalue weighted by molar-refractivity contribution is 6.43. The standard InChI is InChI=1S/C14H10Cl3N3/c1-7-19-12-4-8(18)2-3-13(12)20(7)14-6-10(16)9(15)5-11(14)17/h2-6H,18H2,1H3. The molecule has 2 aromatic carbocycles. The zero-order valence-electron chi connectivity index (χ0n) is 10.5. The monoisotopic (exact) mass is 325 g/mol. The van der Waals surface area contributed by atoms with Crippen LogP contribution in [0.3, 0.4) is 0 Å². The maximum absolute atomic E-state index is 6.28. The number of nitrogens with zero attached hydrogens (tertiary/aromatic N) is 2. The molecule has 1 heterocycles. The molecule has 3 rings (SSSR count). The van der Waals surface area contributed by atoms with E-state index >= 15 is 0 Å². The Bertz CT molecular complexity index is 824. The van der Waals surface area contributed by atoms with Crippen LogP contribution in [-0.2, 0) is 0 Å². The number of aromatic nitrogens is 2. The molecule has 0 aliphatic rings. The first-order valence-electron chi connectivity index (χ1n) is 5.87. The Balaban J connectivity index is 2.35. The zero-order valence-corrected chi connectivity index (χ0v) is 12.8. The SMILES string of the molecule is Cc1nc2cc(N)ccc2n1-c1cc(Cl)c(Cl)cc1Cl. The second kappa shape index (κ2) is 4.85. The van der Waals surface area contributed by atoms with Crippen LogP contribution in [0.5, 0.6) is 0 Å². The molecule has 3 aromatic rings. The van der Waals surface area contributed by atoms with Gasteiger partial charge in [-0.15, -0.1) is 0 Å². The van der Waals surface area contributed by atoms with Crippen molar-refractivity contribution in [1.82, 2.24) is 9.55 Å². The summed E-state index contributed by atoms with van der Waals surface area (Å²) in [5, 5.41) is 1.38. The molecule has 6 heteroatoms. The van der Waals surface area contributed by atoms with E-state index in [1.807, 2.05) is 29.7 Å². The average Bonchev–Trinajstić information content (AvgIpc) is 2.69.